The second-order valence-electron chi connectivity index (χ2n) is 8.35. The maximum atomic E-state index is 13.3. The zero-order valence-corrected chi connectivity index (χ0v) is 16.4. The molecule has 2 aliphatic rings. The smallest absolute Gasteiger partial charge is 0.254 e. The van der Waals surface area contributed by atoms with Crippen LogP contribution in [0.1, 0.15) is 23.2 Å². The zero-order valence-electron chi connectivity index (χ0n) is 16.4. The number of rotatable bonds is 3. The largest absolute Gasteiger partial charge is 0.391 e. The minimum absolute atomic E-state index is 0.0187. The highest BCUT2D eigenvalue weighted by Crippen LogP contribution is 2.38. The summed E-state index contributed by atoms with van der Waals surface area (Å²) in [6.07, 6.45) is 1.33. The van der Waals surface area contributed by atoms with Crippen molar-refractivity contribution in [2.24, 2.45) is 11.8 Å². The van der Waals surface area contributed by atoms with Crippen LogP contribution in [0.3, 0.4) is 0 Å². The number of amides is 1. The van der Waals surface area contributed by atoms with Crippen molar-refractivity contribution in [3.05, 3.63) is 59.9 Å². The maximum absolute atomic E-state index is 13.3. The highest BCUT2D eigenvalue weighted by Gasteiger charge is 2.43. The Morgan fingerprint density at radius 3 is 2.36 bits per heavy atom. The van der Waals surface area contributed by atoms with Crippen molar-refractivity contribution in [1.82, 2.24) is 9.80 Å². The number of halogens is 1. The Hall–Kier alpha value is -2.24. The molecule has 1 aliphatic carbocycles. The van der Waals surface area contributed by atoms with Crippen molar-refractivity contribution in [2.45, 2.75) is 25.0 Å². The molecule has 1 amide bonds. The van der Waals surface area contributed by atoms with Crippen molar-refractivity contribution in [1.29, 1.82) is 0 Å². The van der Waals surface area contributed by atoms with Gasteiger partial charge in [0.1, 0.15) is 5.82 Å². The average Bonchev–Trinajstić information content (AvgIpc) is 3.10. The summed E-state index contributed by atoms with van der Waals surface area (Å²) >= 11 is 0. The molecule has 28 heavy (non-hydrogen) atoms. The van der Waals surface area contributed by atoms with Gasteiger partial charge in [0, 0.05) is 24.7 Å². The third-order valence-electron chi connectivity index (χ3n) is 6.37. The molecule has 148 valence electrons. The first kappa shape index (κ1) is 19.1. The molecule has 0 bridgehead atoms. The lowest BCUT2D eigenvalue weighted by Gasteiger charge is -2.38. The number of hydrogen-bond acceptors (Lipinski definition) is 3. The molecule has 0 spiro atoms. The number of aliphatic hydroxyl groups is 1. The number of aliphatic hydroxyl groups excluding tert-OH is 1. The van der Waals surface area contributed by atoms with Gasteiger partial charge in [-0.15, -0.1) is 0 Å². The SMILES string of the molecule is CN(C)[C@@H]1C[C@@H]2CN(C(=O)c3ccccc3-c3ccc(F)cc3)C[C@@H]2C[C@H]1O. The molecule has 1 heterocycles. The van der Waals surface area contributed by atoms with Crippen molar-refractivity contribution >= 4 is 5.91 Å². The van der Waals surface area contributed by atoms with E-state index in [4.69, 9.17) is 0 Å². The molecule has 0 radical (unpaired) electrons. The molecule has 2 fully saturated rings. The first-order valence-electron chi connectivity index (χ1n) is 9.92. The first-order chi connectivity index (χ1) is 13.4. The van der Waals surface area contributed by atoms with Gasteiger partial charge in [0.05, 0.1) is 6.10 Å². The molecule has 1 N–H and O–H groups in total. The summed E-state index contributed by atoms with van der Waals surface area (Å²) in [5, 5.41) is 10.5. The van der Waals surface area contributed by atoms with Crippen molar-refractivity contribution in [2.75, 3.05) is 27.2 Å². The predicted molar refractivity (Wildman–Crippen MR) is 107 cm³/mol. The molecule has 1 saturated heterocycles. The normalized spacial score (nSPS) is 27.1. The van der Waals surface area contributed by atoms with Crippen LogP contribution in [0.4, 0.5) is 4.39 Å². The molecular weight excluding hydrogens is 355 g/mol. The van der Waals surface area contributed by atoms with E-state index in [0.717, 1.165) is 30.5 Å². The number of benzene rings is 2. The molecular formula is C23H27FN2O2. The molecule has 2 aromatic carbocycles. The predicted octanol–water partition coefficient (Wildman–Crippen LogP) is 3.27. The number of carbonyl (C=O) groups is 1. The molecule has 0 aromatic heterocycles. The van der Waals surface area contributed by atoms with Gasteiger partial charge in [0.15, 0.2) is 0 Å². The highest BCUT2D eigenvalue weighted by molar-refractivity contribution is 6.01. The minimum atomic E-state index is -0.335. The van der Waals surface area contributed by atoms with Gasteiger partial charge in [-0.05, 0) is 68.1 Å². The van der Waals surface area contributed by atoms with Crippen LogP contribution in [0.25, 0.3) is 11.1 Å². The zero-order chi connectivity index (χ0) is 19.8. The lowest BCUT2D eigenvalue weighted by molar-refractivity contribution is 0.00940. The Labute approximate surface area is 165 Å². The lowest BCUT2D eigenvalue weighted by atomic mass is 9.77. The van der Waals surface area contributed by atoms with Crippen LogP contribution >= 0.6 is 0 Å². The second-order valence-corrected chi connectivity index (χ2v) is 8.35. The molecule has 5 heteroatoms. The van der Waals surface area contributed by atoms with Gasteiger partial charge in [0.25, 0.3) is 5.91 Å². The third-order valence-corrected chi connectivity index (χ3v) is 6.37. The van der Waals surface area contributed by atoms with Gasteiger partial charge in [-0.25, -0.2) is 4.39 Å². The Kier molecular flexibility index (Phi) is 5.21. The van der Waals surface area contributed by atoms with Crippen LogP contribution < -0.4 is 0 Å². The van der Waals surface area contributed by atoms with E-state index in [-0.39, 0.29) is 23.9 Å². The van der Waals surface area contributed by atoms with Crippen LogP contribution in [0.15, 0.2) is 48.5 Å². The molecule has 4 nitrogen and oxygen atoms in total. The fraction of sp³-hybridized carbons (Fsp3) is 0.435. The monoisotopic (exact) mass is 382 g/mol. The number of likely N-dealkylation sites (N-methyl/N-ethyl adjacent to an activating group) is 1. The third kappa shape index (κ3) is 3.56. The van der Waals surface area contributed by atoms with Gasteiger partial charge in [0.2, 0.25) is 0 Å². The maximum Gasteiger partial charge on any atom is 0.254 e. The van der Waals surface area contributed by atoms with Gasteiger partial charge < -0.3 is 14.9 Å². The Balaban J connectivity index is 1.56. The Morgan fingerprint density at radius 2 is 1.68 bits per heavy atom. The van der Waals surface area contributed by atoms with E-state index in [9.17, 15) is 14.3 Å². The standard InChI is InChI=1S/C23H27FN2O2/c1-25(2)21-11-16-13-26(14-17(16)12-22(21)27)23(28)20-6-4-3-5-19(20)15-7-9-18(24)10-8-15/h3-10,16-17,21-22,27H,11-14H2,1-2H3/t16-,17+,21-,22-/m1/s1. The van der Waals surface area contributed by atoms with Crippen LogP contribution in [0.5, 0.6) is 0 Å². The van der Waals surface area contributed by atoms with Gasteiger partial charge >= 0.3 is 0 Å². The van der Waals surface area contributed by atoms with Gasteiger partial charge in [-0.1, -0.05) is 30.3 Å². The number of nitrogens with zero attached hydrogens (tertiary/aromatic N) is 2. The second kappa shape index (κ2) is 7.64. The summed E-state index contributed by atoms with van der Waals surface area (Å²) in [5.74, 6) is 0.515. The van der Waals surface area contributed by atoms with Gasteiger partial charge in [-0.3, -0.25) is 4.79 Å². The number of likely N-dealkylation sites (tertiary alicyclic amines) is 1. The summed E-state index contributed by atoms with van der Waals surface area (Å²) < 4.78 is 13.3. The van der Waals surface area contributed by atoms with Gasteiger partial charge in [-0.2, -0.15) is 0 Å². The van der Waals surface area contributed by atoms with Crippen LogP contribution in [0, 0.1) is 17.7 Å². The number of hydrogen-bond donors (Lipinski definition) is 1. The lowest BCUT2D eigenvalue weighted by Crippen LogP contribution is -2.46. The van der Waals surface area contributed by atoms with E-state index in [1.54, 1.807) is 12.1 Å². The number of fused-ring (bicyclic) bond motifs is 1. The van der Waals surface area contributed by atoms with E-state index in [0.29, 0.717) is 23.9 Å². The molecule has 4 atom stereocenters. The summed E-state index contributed by atoms with van der Waals surface area (Å²) in [4.78, 5) is 17.4. The van der Waals surface area contributed by atoms with Crippen LogP contribution in [-0.4, -0.2) is 60.1 Å². The van der Waals surface area contributed by atoms with Crippen molar-refractivity contribution < 1.29 is 14.3 Å². The first-order valence-corrected chi connectivity index (χ1v) is 9.92. The van der Waals surface area contributed by atoms with E-state index in [1.807, 2.05) is 43.3 Å². The van der Waals surface area contributed by atoms with E-state index < -0.39 is 0 Å². The Bertz CT molecular complexity index is 852. The molecule has 0 unspecified atom stereocenters. The molecule has 1 aliphatic heterocycles. The summed E-state index contributed by atoms with van der Waals surface area (Å²) in [7, 11) is 4.01. The van der Waals surface area contributed by atoms with E-state index >= 15 is 0 Å². The Morgan fingerprint density at radius 1 is 1.04 bits per heavy atom. The van der Waals surface area contributed by atoms with Crippen LogP contribution in [0.2, 0.25) is 0 Å². The minimum Gasteiger partial charge on any atom is -0.391 e. The van der Waals surface area contributed by atoms with E-state index in [2.05, 4.69) is 4.90 Å². The molecule has 2 aromatic rings. The summed E-state index contributed by atoms with van der Waals surface area (Å²) in [5.41, 5.74) is 2.32. The quantitative estimate of drug-likeness (QED) is 0.886. The van der Waals surface area contributed by atoms with E-state index in [1.165, 1.54) is 12.1 Å². The van der Waals surface area contributed by atoms with Crippen molar-refractivity contribution in [3.63, 3.8) is 0 Å². The number of carbonyl (C=O) groups excluding carboxylic acids is 1. The molecule has 4 rings (SSSR count). The average molecular weight is 382 g/mol. The molecule has 1 saturated carbocycles. The summed E-state index contributed by atoms with van der Waals surface area (Å²) in [6, 6.07) is 13.9. The topological polar surface area (TPSA) is 43.8 Å². The fourth-order valence-electron chi connectivity index (χ4n) is 4.85. The highest BCUT2D eigenvalue weighted by atomic mass is 19.1. The summed E-state index contributed by atoms with van der Waals surface area (Å²) in [6.45, 7) is 1.43. The van der Waals surface area contributed by atoms with Crippen LogP contribution in [-0.2, 0) is 0 Å². The van der Waals surface area contributed by atoms with Crippen molar-refractivity contribution in [3.8, 4) is 11.1 Å². The fourth-order valence-corrected chi connectivity index (χ4v) is 4.85.